The zero-order chi connectivity index (χ0) is 22.2. The van der Waals surface area contributed by atoms with Crippen LogP contribution in [0.2, 0.25) is 0 Å². The quantitative estimate of drug-likeness (QED) is 0.498. The number of quaternary nitrogens is 1. The number of hydrogen-bond donors (Lipinski definition) is 1. The number of aromatic nitrogens is 2. The number of aliphatic hydroxyl groups is 1. The highest BCUT2D eigenvalue weighted by molar-refractivity contribution is 5.96. The lowest BCUT2D eigenvalue weighted by molar-refractivity contribution is -0.914. The first-order valence-corrected chi connectivity index (χ1v) is 11.2. The lowest BCUT2D eigenvalue weighted by Gasteiger charge is -2.40. The van der Waals surface area contributed by atoms with E-state index in [1.165, 1.54) is 0 Å². The third kappa shape index (κ3) is 3.59. The van der Waals surface area contributed by atoms with E-state index < -0.39 is 11.6 Å². The van der Waals surface area contributed by atoms with E-state index in [2.05, 4.69) is 17.0 Å². The van der Waals surface area contributed by atoms with Gasteiger partial charge in [-0.3, -0.25) is 9.97 Å². The van der Waals surface area contributed by atoms with Crippen LogP contribution in [0.15, 0.2) is 67.1 Å². The number of likely N-dealkylation sites (tertiary alicyclic amines) is 1. The molecule has 6 heteroatoms. The molecule has 1 aliphatic carbocycles. The minimum absolute atomic E-state index is 0.186. The zero-order valence-corrected chi connectivity index (χ0v) is 18.3. The van der Waals surface area contributed by atoms with Crippen molar-refractivity contribution in [1.29, 1.82) is 0 Å². The summed E-state index contributed by atoms with van der Waals surface area (Å²) in [5, 5.41) is 11.6. The number of piperidine rings is 1. The van der Waals surface area contributed by atoms with Crippen molar-refractivity contribution in [3.8, 4) is 11.1 Å². The molecule has 3 aromatic rings. The molecule has 1 aromatic heterocycles. The van der Waals surface area contributed by atoms with Gasteiger partial charge in [0.2, 0.25) is 5.60 Å². The first-order valence-electron chi connectivity index (χ1n) is 11.2. The van der Waals surface area contributed by atoms with Gasteiger partial charge in [-0.1, -0.05) is 48.5 Å². The highest BCUT2D eigenvalue weighted by Crippen LogP contribution is 2.48. The number of hydrogen-bond acceptors (Lipinski definition) is 5. The van der Waals surface area contributed by atoms with E-state index in [4.69, 9.17) is 4.74 Å². The lowest BCUT2D eigenvalue weighted by atomic mass is 9.91. The number of likely N-dealkylation sites (N-methyl/N-ethyl adjacent to an activating group) is 1. The van der Waals surface area contributed by atoms with Crippen molar-refractivity contribution in [2.75, 3.05) is 26.7 Å². The van der Waals surface area contributed by atoms with E-state index in [0.717, 1.165) is 60.2 Å². The highest BCUT2D eigenvalue weighted by atomic mass is 16.6. The molecular formula is C26H28N3O3+. The summed E-state index contributed by atoms with van der Waals surface area (Å²) in [5.41, 5.74) is 2.23. The number of rotatable bonds is 5. The average Bonchev–Trinajstić information content (AvgIpc) is 3.10. The van der Waals surface area contributed by atoms with Gasteiger partial charge >= 0.3 is 5.97 Å². The van der Waals surface area contributed by atoms with Gasteiger partial charge in [0.15, 0.2) is 0 Å². The van der Waals surface area contributed by atoms with Crippen molar-refractivity contribution in [2.24, 2.45) is 0 Å². The maximum atomic E-state index is 13.3. The van der Waals surface area contributed by atoms with Crippen molar-refractivity contribution in [3.05, 3.63) is 83.9 Å². The first-order chi connectivity index (χ1) is 15.5. The Balaban J connectivity index is 1.26. The van der Waals surface area contributed by atoms with Crippen LogP contribution < -0.4 is 0 Å². The third-order valence-corrected chi connectivity index (χ3v) is 7.00. The molecule has 0 amide bonds. The van der Waals surface area contributed by atoms with Crippen LogP contribution in [0.4, 0.5) is 0 Å². The summed E-state index contributed by atoms with van der Waals surface area (Å²) in [5.74, 6) is -0.574. The van der Waals surface area contributed by atoms with Gasteiger partial charge in [-0.15, -0.1) is 0 Å². The molecule has 0 spiro atoms. The van der Waals surface area contributed by atoms with Gasteiger partial charge in [-0.2, -0.15) is 0 Å². The summed E-state index contributed by atoms with van der Waals surface area (Å²) < 4.78 is 6.84. The van der Waals surface area contributed by atoms with Gasteiger partial charge in [0.25, 0.3) is 0 Å². The molecule has 1 fully saturated rings. The summed E-state index contributed by atoms with van der Waals surface area (Å²) in [4.78, 5) is 21.8. The normalized spacial score (nSPS) is 23.2. The third-order valence-electron chi connectivity index (χ3n) is 7.00. The predicted molar refractivity (Wildman–Crippen MR) is 121 cm³/mol. The number of nitrogens with zero attached hydrogens (tertiary/aromatic N) is 3. The summed E-state index contributed by atoms with van der Waals surface area (Å²) in [6.07, 6.45) is 7.49. The molecule has 2 aromatic carbocycles. The molecule has 32 heavy (non-hydrogen) atoms. The van der Waals surface area contributed by atoms with E-state index in [0.29, 0.717) is 11.1 Å². The van der Waals surface area contributed by atoms with Crippen molar-refractivity contribution >= 4 is 5.97 Å². The number of benzene rings is 2. The second-order valence-corrected chi connectivity index (χ2v) is 9.14. The van der Waals surface area contributed by atoms with Crippen LogP contribution in [0.25, 0.3) is 11.1 Å². The topological polar surface area (TPSA) is 72.3 Å². The van der Waals surface area contributed by atoms with Gasteiger partial charge in [0.05, 0.1) is 32.4 Å². The number of carbonyl (C=O) groups excluding carboxylic acids is 1. The molecule has 0 unspecified atom stereocenters. The standard InChI is InChI=1S/C26H28N3O3/c1-29(15-10-19-18-27-13-14-28-19)16-11-20(12-17-29)32-25(30)26(31)23-8-4-2-6-21(23)22-7-3-5-9-24(22)26/h2-9,13-14,18,20,31H,10-12,15-17H2,1H3/q+1. The summed E-state index contributed by atoms with van der Waals surface area (Å²) in [6.45, 7) is 2.82. The largest absolute Gasteiger partial charge is 0.459 e. The average molecular weight is 431 g/mol. The Kier molecular flexibility index (Phi) is 5.27. The van der Waals surface area contributed by atoms with E-state index in [1.54, 1.807) is 12.4 Å². The van der Waals surface area contributed by atoms with Crippen molar-refractivity contribution in [3.63, 3.8) is 0 Å². The summed E-state index contributed by atoms with van der Waals surface area (Å²) in [7, 11) is 2.24. The summed E-state index contributed by atoms with van der Waals surface area (Å²) in [6, 6.07) is 15.1. The number of carbonyl (C=O) groups is 1. The number of fused-ring (bicyclic) bond motifs is 3. The van der Waals surface area contributed by atoms with Gasteiger partial charge in [-0.05, 0) is 11.1 Å². The highest BCUT2D eigenvalue weighted by Gasteiger charge is 2.50. The lowest BCUT2D eigenvalue weighted by Crippen LogP contribution is -2.53. The molecule has 2 aliphatic rings. The van der Waals surface area contributed by atoms with E-state index in [9.17, 15) is 9.90 Å². The maximum Gasteiger partial charge on any atom is 0.348 e. The van der Waals surface area contributed by atoms with Gasteiger partial charge in [0, 0.05) is 49.0 Å². The fourth-order valence-corrected chi connectivity index (χ4v) is 5.02. The monoisotopic (exact) mass is 430 g/mol. The van der Waals surface area contributed by atoms with Crippen molar-refractivity contribution in [1.82, 2.24) is 9.97 Å². The molecule has 0 bridgehead atoms. The van der Waals surface area contributed by atoms with E-state index in [1.807, 2.05) is 54.7 Å². The van der Waals surface area contributed by atoms with Crippen molar-refractivity contribution in [2.45, 2.75) is 31.0 Å². The molecular weight excluding hydrogens is 402 g/mol. The van der Waals surface area contributed by atoms with Crippen LogP contribution in [0.5, 0.6) is 0 Å². The Morgan fingerprint density at radius 3 is 2.28 bits per heavy atom. The maximum absolute atomic E-state index is 13.3. The molecule has 1 saturated heterocycles. The predicted octanol–water partition coefficient (Wildman–Crippen LogP) is 3.09. The SMILES string of the molecule is C[N+]1(CCc2cnccn2)CCC(OC(=O)C2(O)c3ccccc3-c3ccccc32)CC1. The Morgan fingerprint density at radius 1 is 1.06 bits per heavy atom. The fraction of sp³-hybridized carbons (Fsp3) is 0.346. The second-order valence-electron chi connectivity index (χ2n) is 9.14. The van der Waals surface area contributed by atoms with Crippen molar-refractivity contribution < 1.29 is 19.1 Å². The Hall–Kier alpha value is -3.09. The van der Waals surface area contributed by atoms with Crippen LogP contribution in [0.3, 0.4) is 0 Å². The molecule has 0 radical (unpaired) electrons. The second kappa shape index (κ2) is 8.11. The van der Waals surface area contributed by atoms with Crippen LogP contribution in [0.1, 0.15) is 29.7 Å². The van der Waals surface area contributed by atoms with Gasteiger partial charge < -0.3 is 14.3 Å². The van der Waals surface area contributed by atoms with Crippen LogP contribution in [-0.2, 0) is 21.6 Å². The van der Waals surface area contributed by atoms with Crippen LogP contribution >= 0.6 is 0 Å². The van der Waals surface area contributed by atoms with E-state index in [-0.39, 0.29) is 6.10 Å². The van der Waals surface area contributed by atoms with Gasteiger partial charge in [-0.25, -0.2) is 4.79 Å². The fourth-order valence-electron chi connectivity index (χ4n) is 5.02. The molecule has 0 saturated carbocycles. The Morgan fingerprint density at radius 2 is 1.69 bits per heavy atom. The molecule has 5 rings (SSSR count). The Bertz CT molecular complexity index is 1080. The molecule has 6 nitrogen and oxygen atoms in total. The number of esters is 1. The van der Waals surface area contributed by atoms with Crippen LogP contribution in [0, 0.1) is 0 Å². The molecule has 164 valence electrons. The zero-order valence-electron chi connectivity index (χ0n) is 18.3. The molecule has 1 N–H and O–H groups in total. The molecule has 2 heterocycles. The Labute approximate surface area is 188 Å². The smallest absolute Gasteiger partial charge is 0.348 e. The first kappa shape index (κ1) is 20.8. The van der Waals surface area contributed by atoms with Gasteiger partial charge in [0.1, 0.15) is 6.10 Å². The minimum atomic E-state index is -1.76. The summed E-state index contributed by atoms with van der Waals surface area (Å²) >= 11 is 0. The minimum Gasteiger partial charge on any atom is -0.459 e. The molecule has 0 atom stereocenters. The van der Waals surface area contributed by atoms with Crippen LogP contribution in [-0.4, -0.2) is 58.3 Å². The number of ether oxygens (including phenoxy) is 1. The molecule has 1 aliphatic heterocycles. The van der Waals surface area contributed by atoms with E-state index >= 15 is 0 Å².